The summed E-state index contributed by atoms with van der Waals surface area (Å²) in [5.41, 5.74) is 0. The molecular weight excluding hydrogens is 1190 g/mol. The van der Waals surface area contributed by atoms with Crippen LogP contribution in [0.4, 0.5) is 0 Å². The third-order valence-corrected chi connectivity index (χ3v) is 18.8. The topological polar surface area (TPSA) is 111 Å². The molecule has 95 heavy (non-hydrogen) atoms. The molecule has 0 rings (SSSR count). The average molecular weight is 1350 g/mol. The number of rotatable bonds is 75. The van der Waals surface area contributed by atoms with Gasteiger partial charge in [0.2, 0.25) is 0 Å². The van der Waals surface area contributed by atoms with E-state index in [1.807, 2.05) is 21.1 Å². The summed E-state index contributed by atoms with van der Waals surface area (Å²) in [5, 5.41) is 0. The molecule has 0 aliphatic carbocycles. The van der Waals surface area contributed by atoms with E-state index in [0.29, 0.717) is 17.4 Å². The van der Waals surface area contributed by atoms with E-state index in [9.17, 15) is 19.0 Å². The number of phosphoric ester groups is 1. The number of carbonyl (C=O) groups excluding carboxylic acids is 2. The van der Waals surface area contributed by atoms with Crippen molar-refractivity contribution in [2.75, 3.05) is 47.5 Å². The maximum Gasteiger partial charge on any atom is 0.306 e. The molecule has 9 nitrogen and oxygen atoms in total. The second-order valence-electron chi connectivity index (χ2n) is 28.4. The maximum atomic E-state index is 12.9. The van der Waals surface area contributed by atoms with E-state index in [-0.39, 0.29) is 32.0 Å². The van der Waals surface area contributed by atoms with E-state index in [4.69, 9.17) is 18.5 Å². The zero-order chi connectivity index (χ0) is 69.0. The number of nitrogens with zero attached hydrogens (tertiary/aromatic N) is 1. The molecule has 0 fully saturated rings. The predicted molar refractivity (Wildman–Crippen MR) is 411 cm³/mol. The van der Waals surface area contributed by atoms with Crippen LogP contribution in [0.1, 0.15) is 380 Å². The van der Waals surface area contributed by atoms with Gasteiger partial charge in [-0.2, -0.15) is 0 Å². The second-order valence-corrected chi connectivity index (χ2v) is 29.8. The minimum Gasteiger partial charge on any atom is -0.756 e. The fourth-order valence-corrected chi connectivity index (χ4v) is 12.5. The Morgan fingerprint density at radius 2 is 0.600 bits per heavy atom. The molecular formula is C85H154NO8P. The molecule has 0 aromatic carbocycles. The fourth-order valence-electron chi connectivity index (χ4n) is 11.7. The molecule has 0 N–H and O–H groups in total. The molecule has 0 radical (unpaired) electrons. The van der Waals surface area contributed by atoms with Gasteiger partial charge in [0, 0.05) is 12.8 Å². The lowest BCUT2D eigenvalue weighted by atomic mass is 10.0. The number of hydrogen-bond donors (Lipinski definition) is 0. The van der Waals surface area contributed by atoms with Gasteiger partial charge in [0.25, 0.3) is 7.82 Å². The summed E-state index contributed by atoms with van der Waals surface area (Å²) < 4.78 is 34.4. The highest BCUT2D eigenvalue weighted by atomic mass is 31.2. The molecule has 0 aromatic rings. The normalized spacial score (nSPS) is 13.5. The second kappa shape index (κ2) is 75.1. The summed E-state index contributed by atoms with van der Waals surface area (Å²) in [6, 6.07) is 0. The largest absolute Gasteiger partial charge is 0.756 e. The van der Waals surface area contributed by atoms with Crippen LogP contribution in [0.25, 0.3) is 0 Å². The van der Waals surface area contributed by atoms with Crippen molar-refractivity contribution in [1.82, 2.24) is 0 Å². The minimum atomic E-state index is -4.65. The Hall–Kier alpha value is -3.07. The van der Waals surface area contributed by atoms with Gasteiger partial charge >= 0.3 is 11.9 Å². The van der Waals surface area contributed by atoms with Gasteiger partial charge in [0.05, 0.1) is 27.7 Å². The molecule has 0 heterocycles. The van der Waals surface area contributed by atoms with Crippen LogP contribution in [0.5, 0.6) is 0 Å². The Morgan fingerprint density at radius 3 is 0.895 bits per heavy atom. The summed E-state index contributed by atoms with van der Waals surface area (Å²) in [7, 11) is 1.16. The molecule has 0 aliphatic rings. The van der Waals surface area contributed by atoms with Crippen LogP contribution in [0.15, 0.2) is 97.2 Å². The van der Waals surface area contributed by atoms with Gasteiger partial charge in [0.1, 0.15) is 19.8 Å². The number of ether oxygens (including phenoxy) is 2. The number of quaternary nitrogens is 1. The maximum absolute atomic E-state index is 12.9. The van der Waals surface area contributed by atoms with Crippen LogP contribution in [-0.2, 0) is 32.7 Å². The molecule has 2 atom stereocenters. The zero-order valence-electron chi connectivity index (χ0n) is 63.1. The van der Waals surface area contributed by atoms with E-state index in [1.54, 1.807) is 0 Å². The number of unbranched alkanes of at least 4 members (excludes halogenated alkanes) is 45. The van der Waals surface area contributed by atoms with Gasteiger partial charge in [-0.3, -0.25) is 14.2 Å². The third-order valence-electron chi connectivity index (χ3n) is 17.9. The molecule has 10 heteroatoms. The summed E-state index contributed by atoms with van der Waals surface area (Å²) >= 11 is 0. The summed E-state index contributed by atoms with van der Waals surface area (Å²) in [4.78, 5) is 38.2. The van der Waals surface area contributed by atoms with Crippen LogP contribution in [0.2, 0.25) is 0 Å². The van der Waals surface area contributed by atoms with Crippen molar-refractivity contribution in [3.8, 4) is 0 Å². The monoisotopic (exact) mass is 1350 g/mol. The van der Waals surface area contributed by atoms with Crippen LogP contribution >= 0.6 is 7.82 Å². The first kappa shape index (κ1) is 91.9. The highest BCUT2D eigenvalue weighted by molar-refractivity contribution is 7.45. The first-order chi connectivity index (χ1) is 46.5. The quantitative estimate of drug-likeness (QED) is 0.0195. The van der Waals surface area contributed by atoms with Gasteiger partial charge in [-0.05, 0) is 77.0 Å². The lowest BCUT2D eigenvalue weighted by Crippen LogP contribution is -2.37. The van der Waals surface area contributed by atoms with E-state index in [0.717, 1.165) is 96.3 Å². The molecule has 0 saturated heterocycles. The highest BCUT2D eigenvalue weighted by Crippen LogP contribution is 2.38. The molecule has 0 bridgehead atoms. The Balaban J connectivity index is 3.97. The Bertz CT molecular complexity index is 1930. The van der Waals surface area contributed by atoms with Crippen LogP contribution in [-0.4, -0.2) is 70.0 Å². The molecule has 0 amide bonds. The average Bonchev–Trinajstić information content (AvgIpc) is 1.80. The van der Waals surface area contributed by atoms with Gasteiger partial charge in [-0.15, -0.1) is 0 Å². The number of allylic oxidation sites excluding steroid dienone is 16. The Labute approximate surface area is 589 Å². The SMILES string of the molecule is CC/C=C\C/C=C\C/C=C\C/C=C\C/C=C\C/C=C\C/C=C\C/C=C\CCCCCCCCCCC(=O)OC(COC(=O)CCCCCCCCCCCCCCCCCCCCCCCCCCCCCCCCCCCCCCCC)COP(=O)([O-])OCC[N+](C)(C)C. The Kier molecular flexibility index (Phi) is 72.7. The fraction of sp³-hybridized carbons (Fsp3) is 0.788. The van der Waals surface area contributed by atoms with Crippen molar-refractivity contribution in [2.45, 2.75) is 386 Å². The molecule has 0 aromatic heterocycles. The molecule has 0 saturated carbocycles. The van der Waals surface area contributed by atoms with Crippen LogP contribution in [0.3, 0.4) is 0 Å². The smallest absolute Gasteiger partial charge is 0.306 e. The van der Waals surface area contributed by atoms with Crippen molar-refractivity contribution in [3.63, 3.8) is 0 Å². The predicted octanol–water partition coefficient (Wildman–Crippen LogP) is 26.4. The van der Waals surface area contributed by atoms with Gasteiger partial charge in [-0.25, -0.2) is 0 Å². The number of likely N-dealkylation sites (N-methyl/N-ethyl adjacent to an activating group) is 1. The van der Waals surface area contributed by atoms with Gasteiger partial charge in [-0.1, -0.05) is 387 Å². The molecule has 0 spiro atoms. The van der Waals surface area contributed by atoms with Gasteiger partial charge < -0.3 is 27.9 Å². The zero-order valence-corrected chi connectivity index (χ0v) is 64.0. The lowest BCUT2D eigenvalue weighted by molar-refractivity contribution is -0.870. The minimum absolute atomic E-state index is 0.0351. The van der Waals surface area contributed by atoms with Crippen molar-refractivity contribution < 1.29 is 42.1 Å². The molecule has 2 unspecified atom stereocenters. The van der Waals surface area contributed by atoms with Crippen LogP contribution in [0, 0.1) is 0 Å². The van der Waals surface area contributed by atoms with E-state index >= 15 is 0 Å². The summed E-state index contributed by atoms with van der Waals surface area (Å²) in [6.07, 6.45) is 105. The Morgan fingerprint density at radius 1 is 0.337 bits per heavy atom. The number of esters is 2. The summed E-state index contributed by atoms with van der Waals surface area (Å²) in [5.74, 6) is -0.832. The first-order valence-corrected chi connectivity index (χ1v) is 41.9. The number of hydrogen-bond acceptors (Lipinski definition) is 8. The van der Waals surface area contributed by atoms with E-state index in [1.165, 1.54) is 250 Å². The van der Waals surface area contributed by atoms with Crippen molar-refractivity contribution in [1.29, 1.82) is 0 Å². The van der Waals surface area contributed by atoms with Crippen molar-refractivity contribution in [3.05, 3.63) is 97.2 Å². The van der Waals surface area contributed by atoms with Crippen molar-refractivity contribution >= 4 is 19.8 Å². The van der Waals surface area contributed by atoms with Gasteiger partial charge in [0.15, 0.2) is 6.10 Å². The third kappa shape index (κ3) is 79.8. The summed E-state index contributed by atoms with van der Waals surface area (Å²) in [6.45, 7) is 4.17. The number of phosphoric acid groups is 1. The van der Waals surface area contributed by atoms with E-state index in [2.05, 4.69) is 111 Å². The lowest BCUT2D eigenvalue weighted by Gasteiger charge is -2.28. The van der Waals surface area contributed by atoms with E-state index < -0.39 is 26.5 Å². The standard InChI is InChI=1S/C85H154NO8P/c1-6-8-10-12-14-16-18-20-22-24-26-28-30-32-34-36-38-40-41-42-43-44-46-47-49-51-53-55-57-59-61-63-65-67-69-71-73-75-77-84(87)91-81-83(82-93-95(89,90)92-80-79-86(3,4)5)94-85(88)78-76-74-72-70-68-66-64-62-60-58-56-54-52-50-48-45-39-37-35-33-31-29-27-25-23-21-19-17-15-13-11-9-7-2/h9,11,15,17,21,23,27,29,33,35,39,45,50,52,56,58,83H,6-8,10,12-14,16,18-20,22,24-26,28,30-32,34,36-38,40-44,46-49,51,53-55,57,59-82H2,1-5H3/b11-9-,17-15-,23-21-,29-27-,35-33-,45-39-,52-50-,58-56-. The molecule has 0 aliphatic heterocycles. The van der Waals surface area contributed by atoms with Crippen molar-refractivity contribution in [2.24, 2.45) is 0 Å². The first-order valence-electron chi connectivity index (χ1n) is 40.4. The van der Waals surface area contributed by atoms with Crippen LogP contribution < -0.4 is 4.89 Å². The number of carbonyl (C=O) groups is 2. The highest BCUT2D eigenvalue weighted by Gasteiger charge is 2.22. The molecule has 552 valence electrons.